The normalized spacial score (nSPS) is 11.0. The van der Waals surface area contributed by atoms with Crippen molar-refractivity contribution in [3.05, 3.63) is 65.1 Å². The summed E-state index contributed by atoms with van der Waals surface area (Å²) in [5.41, 5.74) is 2.34. The van der Waals surface area contributed by atoms with E-state index in [-0.39, 0.29) is 11.8 Å². The number of hydrogen-bond donors (Lipinski definition) is 4. The number of para-hydroxylation sites is 1. The molecule has 2 aromatic heterocycles. The summed E-state index contributed by atoms with van der Waals surface area (Å²) in [6.45, 7) is 0. The van der Waals surface area contributed by atoms with Gasteiger partial charge >= 0.3 is 0 Å². The lowest BCUT2D eigenvalue weighted by atomic mass is 10.1. The molecule has 5 nitrogen and oxygen atoms in total. The van der Waals surface area contributed by atoms with Gasteiger partial charge < -0.3 is 15.5 Å². The number of halogens is 1. The van der Waals surface area contributed by atoms with Crippen LogP contribution in [0.4, 0.5) is 11.4 Å². The topological polar surface area (TPSA) is 72.7 Å². The number of aromatic hydroxyl groups is 2. The Morgan fingerprint density at radius 1 is 0.917 bits per heavy atom. The third kappa shape index (κ3) is 2.41. The molecule has 4 rings (SSSR count). The summed E-state index contributed by atoms with van der Waals surface area (Å²) in [5.74, 6) is -0.0286. The van der Waals surface area contributed by atoms with E-state index in [1.807, 2.05) is 48.5 Å². The maximum absolute atomic E-state index is 10.7. The maximum Gasteiger partial charge on any atom is 0.221 e. The Morgan fingerprint density at radius 2 is 1.67 bits per heavy atom. The Morgan fingerprint density at radius 3 is 2.46 bits per heavy atom. The van der Waals surface area contributed by atoms with Crippen LogP contribution in [0.2, 0.25) is 0 Å². The fourth-order valence-corrected chi connectivity index (χ4v) is 3.06. The Bertz CT molecular complexity index is 1070. The van der Waals surface area contributed by atoms with Crippen LogP contribution < -0.4 is 5.32 Å². The van der Waals surface area contributed by atoms with Crippen LogP contribution in [0.3, 0.4) is 0 Å². The molecule has 0 saturated carbocycles. The highest BCUT2D eigenvalue weighted by molar-refractivity contribution is 9.10. The van der Waals surface area contributed by atoms with Gasteiger partial charge in [0.05, 0.1) is 16.6 Å². The number of nitrogens with zero attached hydrogens (tertiary/aromatic N) is 1. The van der Waals surface area contributed by atoms with E-state index in [0.29, 0.717) is 11.1 Å². The van der Waals surface area contributed by atoms with Gasteiger partial charge in [-0.15, -0.1) is 0 Å². The van der Waals surface area contributed by atoms with Crippen molar-refractivity contribution in [1.82, 2.24) is 9.61 Å². The van der Waals surface area contributed by atoms with Gasteiger partial charge in [-0.2, -0.15) is 0 Å². The fraction of sp³-hybridized carbons (Fsp3) is 0. The molecule has 0 aliphatic carbocycles. The zero-order chi connectivity index (χ0) is 16.7. The van der Waals surface area contributed by atoms with E-state index < -0.39 is 0 Å². The average molecular weight is 384 g/mol. The van der Waals surface area contributed by atoms with Gasteiger partial charge in [0.2, 0.25) is 11.8 Å². The summed E-state index contributed by atoms with van der Waals surface area (Å²) in [6.07, 6.45) is 0. The molecule has 0 amide bonds. The monoisotopic (exact) mass is 383 g/mol. The smallest absolute Gasteiger partial charge is 0.221 e. The summed E-state index contributed by atoms with van der Waals surface area (Å²) in [7, 11) is 0. The standard InChI is InChI=1S/C18H14BrN3O2/c19-11-5-7-12(8-6-11)20-14-9-10-16(23)21-22-15-4-2-1-3-13(15)17(14)18(22)24/h1-10,20-21,23-24H. The minimum atomic E-state index is -0.0626. The van der Waals surface area contributed by atoms with Crippen LogP contribution in [0, 0.1) is 0 Å². The number of fused-ring (bicyclic) bond motifs is 5. The number of nitrogens with one attached hydrogen (secondary N) is 2. The number of H-pyrrole nitrogens is 1. The average Bonchev–Trinajstić information content (AvgIpc) is 2.87. The first-order chi connectivity index (χ1) is 11.6. The van der Waals surface area contributed by atoms with Gasteiger partial charge in [-0.1, -0.05) is 34.1 Å². The minimum Gasteiger partial charge on any atom is -0.494 e. The summed E-state index contributed by atoms with van der Waals surface area (Å²) in [6, 6.07) is 18.6. The molecule has 0 aliphatic rings. The van der Waals surface area contributed by atoms with E-state index in [9.17, 15) is 10.2 Å². The first-order valence-corrected chi connectivity index (χ1v) is 8.16. The quantitative estimate of drug-likeness (QED) is 0.397. The third-order valence-electron chi connectivity index (χ3n) is 3.88. The van der Waals surface area contributed by atoms with Crippen LogP contribution in [0.15, 0.2) is 65.1 Å². The molecule has 2 bridgehead atoms. The number of aromatic nitrogens is 2. The second-order valence-electron chi connectivity index (χ2n) is 5.43. The van der Waals surface area contributed by atoms with Gasteiger partial charge in [0, 0.05) is 21.6 Å². The van der Waals surface area contributed by atoms with Crippen molar-refractivity contribution >= 4 is 43.6 Å². The van der Waals surface area contributed by atoms with Crippen LogP contribution in [0.1, 0.15) is 0 Å². The van der Waals surface area contributed by atoms with Gasteiger partial charge in [0.15, 0.2) is 0 Å². The van der Waals surface area contributed by atoms with Crippen LogP contribution in [0.5, 0.6) is 11.8 Å². The predicted molar refractivity (Wildman–Crippen MR) is 98.8 cm³/mol. The Kier molecular flexibility index (Phi) is 3.46. The Hall–Kier alpha value is -2.86. The van der Waals surface area contributed by atoms with E-state index in [1.54, 1.807) is 12.1 Å². The van der Waals surface area contributed by atoms with Gasteiger partial charge in [-0.3, -0.25) is 5.10 Å². The first kappa shape index (κ1) is 14.7. The molecule has 0 spiro atoms. The molecule has 2 heterocycles. The lowest BCUT2D eigenvalue weighted by Gasteiger charge is -2.08. The largest absolute Gasteiger partial charge is 0.494 e. The van der Waals surface area contributed by atoms with Crippen molar-refractivity contribution in [3.8, 4) is 11.8 Å². The van der Waals surface area contributed by atoms with Gasteiger partial charge in [0.1, 0.15) is 0 Å². The zero-order valence-corrected chi connectivity index (χ0v) is 14.1. The molecule has 0 aliphatic heterocycles. The lowest BCUT2D eigenvalue weighted by molar-refractivity contribution is 0.417. The van der Waals surface area contributed by atoms with E-state index in [2.05, 4.69) is 26.3 Å². The number of anilines is 2. The summed E-state index contributed by atoms with van der Waals surface area (Å²) >= 11 is 3.42. The van der Waals surface area contributed by atoms with Crippen LogP contribution in [-0.4, -0.2) is 19.8 Å². The summed E-state index contributed by atoms with van der Waals surface area (Å²) < 4.78 is 2.45. The molecule has 0 unspecified atom stereocenters. The molecule has 4 aromatic rings. The van der Waals surface area contributed by atoms with E-state index in [1.165, 1.54) is 4.52 Å². The lowest BCUT2D eigenvalue weighted by Crippen LogP contribution is -1.91. The maximum atomic E-state index is 10.7. The highest BCUT2D eigenvalue weighted by Gasteiger charge is 2.14. The molecule has 4 N–H and O–H groups in total. The Balaban J connectivity index is 2.03. The fourth-order valence-electron chi connectivity index (χ4n) is 2.80. The summed E-state index contributed by atoms with van der Waals surface area (Å²) in [5, 5.41) is 28.3. The van der Waals surface area contributed by atoms with E-state index >= 15 is 0 Å². The number of hydrogen-bond acceptors (Lipinski definition) is 3. The molecule has 2 aromatic carbocycles. The molecule has 0 fully saturated rings. The number of rotatable bonds is 2. The molecule has 24 heavy (non-hydrogen) atoms. The number of aromatic amines is 1. The minimum absolute atomic E-state index is 0.0340. The predicted octanol–water partition coefficient (Wildman–Crippen LogP) is 4.90. The van der Waals surface area contributed by atoms with Crippen molar-refractivity contribution in [2.75, 3.05) is 5.32 Å². The first-order valence-electron chi connectivity index (χ1n) is 7.37. The van der Waals surface area contributed by atoms with Crippen molar-refractivity contribution < 1.29 is 10.2 Å². The number of benzene rings is 2. The molecule has 0 atom stereocenters. The highest BCUT2D eigenvalue weighted by Crippen LogP contribution is 2.37. The molecular formula is C18H14BrN3O2. The van der Waals surface area contributed by atoms with Gasteiger partial charge in [-0.25, -0.2) is 4.52 Å². The molecule has 0 radical (unpaired) electrons. The van der Waals surface area contributed by atoms with Gasteiger partial charge in [-0.05, 0) is 36.4 Å². The van der Waals surface area contributed by atoms with Crippen LogP contribution in [-0.2, 0) is 0 Å². The SMILES string of the molecule is Oc1ccc(Nc2ccc(Br)cc2)c2c(O)n([nH]1)c1ccccc21. The van der Waals surface area contributed by atoms with Crippen molar-refractivity contribution in [1.29, 1.82) is 0 Å². The van der Waals surface area contributed by atoms with Crippen molar-refractivity contribution in [2.45, 2.75) is 0 Å². The molecule has 0 saturated heterocycles. The van der Waals surface area contributed by atoms with Crippen molar-refractivity contribution in [2.24, 2.45) is 0 Å². The highest BCUT2D eigenvalue weighted by atomic mass is 79.9. The zero-order valence-electron chi connectivity index (χ0n) is 12.5. The summed E-state index contributed by atoms with van der Waals surface area (Å²) in [4.78, 5) is 0. The molecular weight excluding hydrogens is 370 g/mol. The van der Waals surface area contributed by atoms with E-state index in [0.717, 1.165) is 21.1 Å². The van der Waals surface area contributed by atoms with Crippen molar-refractivity contribution in [3.63, 3.8) is 0 Å². The Labute approximate surface area is 145 Å². The molecule has 6 heteroatoms. The molecule has 120 valence electrons. The van der Waals surface area contributed by atoms with E-state index in [4.69, 9.17) is 0 Å². The van der Waals surface area contributed by atoms with Crippen LogP contribution >= 0.6 is 15.9 Å². The second kappa shape index (κ2) is 5.65. The van der Waals surface area contributed by atoms with Gasteiger partial charge in [0.25, 0.3) is 0 Å². The van der Waals surface area contributed by atoms with Crippen LogP contribution in [0.25, 0.3) is 16.3 Å². The second-order valence-corrected chi connectivity index (χ2v) is 6.34. The third-order valence-corrected chi connectivity index (χ3v) is 4.41.